The van der Waals surface area contributed by atoms with Crippen molar-refractivity contribution in [1.29, 1.82) is 0 Å². The monoisotopic (exact) mass is 260 g/mol. The van der Waals surface area contributed by atoms with Crippen molar-refractivity contribution in [2.75, 3.05) is 20.1 Å². The van der Waals surface area contributed by atoms with Gasteiger partial charge in [-0.25, -0.2) is 0 Å². The Kier molecular flexibility index (Phi) is 5.62. The van der Waals surface area contributed by atoms with E-state index < -0.39 is 12.7 Å². The first-order chi connectivity index (χ1) is 8.42. The highest BCUT2D eigenvalue weighted by atomic mass is 19.4. The molecule has 0 atom stereocenters. The fourth-order valence-corrected chi connectivity index (χ4v) is 1.80. The first-order valence-corrected chi connectivity index (χ1v) is 5.95. The van der Waals surface area contributed by atoms with Gasteiger partial charge in [-0.3, -0.25) is 4.90 Å². The molecule has 0 spiro atoms. The minimum Gasteiger partial charge on any atom is -0.313 e. The molecule has 0 saturated heterocycles. The number of nitrogens with zero attached hydrogens (tertiary/aromatic N) is 1. The summed E-state index contributed by atoms with van der Waals surface area (Å²) in [7, 11) is 1.48. The van der Waals surface area contributed by atoms with Gasteiger partial charge in [-0.2, -0.15) is 13.2 Å². The van der Waals surface area contributed by atoms with Crippen molar-refractivity contribution in [2.45, 2.75) is 26.2 Å². The number of alkyl halides is 3. The number of halogens is 3. The lowest BCUT2D eigenvalue weighted by Gasteiger charge is -2.20. The summed E-state index contributed by atoms with van der Waals surface area (Å²) < 4.78 is 36.8. The maximum atomic E-state index is 12.3. The molecule has 1 N–H and O–H groups in total. The van der Waals surface area contributed by atoms with Crippen molar-refractivity contribution in [1.82, 2.24) is 10.2 Å². The van der Waals surface area contributed by atoms with Crippen LogP contribution < -0.4 is 5.32 Å². The van der Waals surface area contributed by atoms with E-state index in [0.29, 0.717) is 13.1 Å². The van der Waals surface area contributed by atoms with E-state index in [4.69, 9.17) is 0 Å². The molecule has 0 aliphatic carbocycles. The van der Waals surface area contributed by atoms with Gasteiger partial charge in [0.05, 0.1) is 6.54 Å². The fraction of sp³-hybridized carbons (Fsp3) is 0.538. The van der Waals surface area contributed by atoms with Crippen LogP contribution in [0.25, 0.3) is 0 Å². The van der Waals surface area contributed by atoms with Gasteiger partial charge in [-0.05, 0) is 24.7 Å². The molecule has 0 aliphatic heterocycles. The zero-order chi connectivity index (χ0) is 13.6. The number of hydrogen-bond donors (Lipinski definition) is 1. The maximum Gasteiger partial charge on any atom is 0.401 e. The molecule has 0 fully saturated rings. The van der Waals surface area contributed by atoms with E-state index in [1.165, 1.54) is 11.9 Å². The maximum absolute atomic E-state index is 12.3. The second-order valence-electron chi connectivity index (χ2n) is 4.34. The molecule has 18 heavy (non-hydrogen) atoms. The summed E-state index contributed by atoms with van der Waals surface area (Å²) in [5.41, 5.74) is 1.98. The zero-order valence-corrected chi connectivity index (χ0v) is 10.7. The summed E-state index contributed by atoms with van der Waals surface area (Å²) in [6.07, 6.45) is -4.15. The van der Waals surface area contributed by atoms with Crippen LogP contribution >= 0.6 is 0 Å². The van der Waals surface area contributed by atoms with E-state index in [0.717, 1.165) is 17.7 Å². The highest BCUT2D eigenvalue weighted by Crippen LogP contribution is 2.18. The van der Waals surface area contributed by atoms with Gasteiger partial charge in [0.25, 0.3) is 0 Å². The molecule has 0 bridgehead atoms. The summed E-state index contributed by atoms with van der Waals surface area (Å²) in [6, 6.07) is 7.57. The summed E-state index contributed by atoms with van der Waals surface area (Å²) in [4.78, 5) is 1.28. The average Bonchev–Trinajstić information content (AvgIpc) is 2.25. The highest BCUT2D eigenvalue weighted by Gasteiger charge is 2.29. The van der Waals surface area contributed by atoms with Gasteiger partial charge in [0.1, 0.15) is 0 Å². The van der Waals surface area contributed by atoms with E-state index in [2.05, 4.69) is 5.32 Å². The molecule has 0 heterocycles. The number of rotatable bonds is 6. The van der Waals surface area contributed by atoms with Crippen LogP contribution in [-0.2, 0) is 13.1 Å². The van der Waals surface area contributed by atoms with Gasteiger partial charge in [-0.1, -0.05) is 31.2 Å². The van der Waals surface area contributed by atoms with Gasteiger partial charge in [0, 0.05) is 13.1 Å². The lowest BCUT2D eigenvalue weighted by atomic mass is 10.1. The van der Waals surface area contributed by atoms with E-state index in [1.807, 2.05) is 31.2 Å². The molecule has 2 nitrogen and oxygen atoms in total. The van der Waals surface area contributed by atoms with Crippen LogP contribution in [0.1, 0.15) is 18.1 Å². The molecular formula is C13H19F3N2. The Morgan fingerprint density at radius 3 is 2.33 bits per heavy atom. The summed E-state index contributed by atoms with van der Waals surface area (Å²) >= 11 is 0. The normalized spacial score (nSPS) is 12.1. The Morgan fingerprint density at radius 2 is 1.78 bits per heavy atom. The zero-order valence-electron chi connectivity index (χ0n) is 10.7. The first kappa shape index (κ1) is 15.0. The van der Waals surface area contributed by atoms with Crippen LogP contribution in [0, 0.1) is 0 Å². The molecular weight excluding hydrogens is 241 g/mol. The van der Waals surface area contributed by atoms with E-state index >= 15 is 0 Å². The van der Waals surface area contributed by atoms with Crippen molar-refractivity contribution in [3.63, 3.8) is 0 Å². The smallest absolute Gasteiger partial charge is 0.313 e. The second-order valence-corrected chi connectivity index (χ2v) is 4.34. The lowest BCUT2D eigenvalue weighted by molar-refractivity contribution is -0.144. The Balaban J connectivity index is 2.65. The van der Waals surface area contributed by atoms with E-state index in [1.54, 1.807) is 0 Å². The highest BCUT2D eigenvalue weighted by molar-refractivity contribution is 5.26. The fourth-order valence-electron chi connectivity index (χ4n) is 1.80. The molecule has 0 aromatic heterocycles. The molecule has 0 unspecified atom stereocenters. The molecule has 0 saturated carbocycles. The Morgan fingerprint density at radius 1 is 1.17 bits per heavy atom. The third kappa shape index (κ3) is 5.51. The van der Waals surface area contributed by atoms with Crippen molar-refractivity contribution in [3.05, 3.63) is 35.4 Å². The van der Waals surface area contributed by atoms with Crippen LogP contribution in [0.5, 0.6) is 0 Å². The minimum absolute atomic E-state index is 0.307. The standard InChI is InChI=1S/C13H19F3N2/c1-3-17-8-11-6-4-5-7-12(11)9-18(2)10-13(14,15)16/h4-7,17H,3,8-10H2,1-2H3. The van der Waals surface area contributed by atoms with E-state index in [9.17, 15) is 13.2 Å². The quantitative estimate of drug-likeness (QED) is 0.846. The molecule has 1 aromatic carbocycles. The van der Waals surface area contributed by atoms with Gasteiger partial charge < -0.3 is 5.32 Å². The minimum atomic E-state index is -4.15. The first-order valence-electron chi connectivity index (χ1n) is 5.95. The predicted molar refractivity (Wildman–Crippen MR) is 66.2 cm³/mol. The Hall–Kier alpha value is -1.07. The van der Waals surface area contributed by atoms with Gasteiger partial charge in [-0.15, -0.1) is 0 Å². The molecule has 0 aliphatic rings. The van der Waals surface area contributed by atoms with Gasteiger partial charge in [0.2, 0.25) is 0 Å². The third-order valence-corrected chi connectivity index (χ3v) is 2.57. The van der Waals surface area contributed by atoms with Crippen LogP contribution in [0.2, 0.25) is 0 Å². The summed E-state index contributed by atoms with van der Waals surface area (Å²) in [6.45, 7) is 2.95. The van der Waals surface area contributed by atoms with E-state index in [-0.39, 0.29) is 0 Å². The topological polar surface area (TPSA) is 15.3 Å². The number of benzene rings is 1. The predicted octanol–water partition coefficient (Wildman–Crippen LogP) is 2.79. The summed E-state index contributed by atoms with van der Waals surface area (Å²) in [5.74, 6) is 0. The molecule has 1 aromatic rings. The molecule has 0 radical (unpaired) electrons. The SMILES string of the molecule is CCNCc1ccccc1CN(C)CC(F)(F)F. The van der Waals surface area contributed by atoms with Gasteiger partial charge in [0.15, 0.2) is 0 Å². The number of nitrogens with one attached hydrogen (secondary N) is 1. The molecule has 5 heteroatoms. The largest absolute Gasteiger partial charge is 0.401 e. The van der Waals surface area contributed by atoms with Crippen molar-refractivity contribution in [2.24, 2.45) is 0 Å². The summed E-state index contributed by atoms with van der Waals surface area (Å²) in [5, 5.41) is 3.19. The van der Waals surface area contributed by atoms with Crippen molar-refractivity contribution < 1.29 is 13.2 Å². The van der Waals surface area contributed by atoms with Crippen molar-refractivity contribution in [3.8, 4) is 0 Å². The van der Waals surface area contributed by atoms with Crippen LogP contribution in [-0.4, -0.2) is 31.2 Å². The molecule has 1 rings (SSSR count). The number of hydrogen-bond acceptors (Lipinski definition) is 2. The molecule has 102 valence electrons. The van der Waals surface area contributed by atoms with Crippen molar-refractivity contribution >= 4 is 0 Å². The lowest BCUT2D eigenvalue weighted by Crippen LogP contribution is -2.31. The second kappa shape index (κ2) is 6.75. The van der Waals surface area contributed by atoms with Crippen LogP contribution in [0.3, 0.4) is 0 Å². The van der Waals surface area contributed by atoms with Crippen LogP contribution in [0.4, 0.5) is 13.2 Å². The third-order valence-electron chi connectivity index (χ3n) is 2.57. The average molecular weight is 260 g/mol. The Bertz CT molecular complexity index is 363. The molecule has 0 amide bonds. The Labute approximate surface area is 106 Å². The van der Waals surface area contributed by atoms with Gasteiger partial charge >= 0.3 is 6.18 Å². The van der Waals surface area contributed by atoms with Crippen LogP contribution in [0.15, 0.2) is 24.3 Å².